The van der Waals surface area contributed by atoms with Crippen molar-refractivity contribution < 1.29 is 4.74 Å². The molecule has 2 unspecified atom stereocenters. The van der Waals surface area contributed by atoms with Gasteiger partial charge in [0.05, 0.1) is 5.69 Å². The Morgan fingerprint density at radius 1 is 1.21 bits per heavy atom. The van der Waals surface area contributed by atoms with Gasteiger partial charge in [-0.15, -0.1) is 5.10 Å². The van der Waals surface area contributed by atoms with Crippen LogP contribution in [0.25, 0.3) is 0 Å². The number of nitrogens with two attached hydrogens (primary N) is 1. The van der Waals surface area contributed by atoms with Crippen molar-refractivity contribution in [3.8, 4) is 5.88 Å². The molecule has 0 aliphatic heterocycles. The predicted octanol–water partition coefficient (Wildman–Crippen LogP) is 2.90. The van der Waals surface area contributed by atoms with Crippen LogP contribution >= 0.6 is 0 Å². The molecule has 0 spiro atoms. The molecule has 0 aromatic carbocycles. The lowest BCUT2D eigenvalue weighted by molar-refractivity contribution is 0.0836. The van der Waals surface area contributed by atoms with Gasteiger partial charge in [0.25, 0.3) is 0 Å². The van der Waals surface area contributed by atoms with Crippen LogP contribution in [-0.4, -0.2) is 16.3 Å². The minimum absolute atomic E-state index is 0.278. The fraction of sp³-hybridized carbons (Fsp3) is 0.733. The molecule has 1 heterocycles. The first-order valence-corrected chi connectivity index (χ1v) is 7.36. The summed E-state index contributed by atoms with van der Waals surface area (Å²) in [5.41, 5.74) is 8.89. The molecule has 1 aromatic rings. The standard InChI is InChI=1S/C15H25N3O/c1-4-12-7-5-6-8-14(12)19-15-13(9-16)10(2)11(3)17-18-15/h12,14H,4-9,16H2,1-3H3. The molecule has 106 valence electrons. The summed E-state index contributed by atoms with van der Waals surface area (Å²) in [6, 6.07) is 0. The molecule has 19 heavy (non-hydrogen) atoms. The fourth-order valence-corrected chi connectivity index (χ4v) is 2.91. The molecule has 1 fully saturated rings. The van der Waals surface area contributed by atoms with Crippen molar-refractivity contribution >= 4 is 0 Å². The van der Waals surface area contributed by atoms with E-state index in [1.807, 2.05) is 13.8 Å². The molecule has 1 saturated carbocycles. The highest BCUT2D eigenvalue weighted by molar-refractivity contribution is 5.35. The smallest absolute Gasteiger partial charge is 0.238 e. The highest BCUT2D eigenvalue weighted by Crippen LogP contribution is 2.31. The third kappa shape index (κ3) is 3.06. The maximum absolute atomic E-state index is 6.16. The Balaban J connectivity index is 2.20. The first-order chi connectivity index (χ1) is 9.17. The molecule has 2 rings (SSSR count). The van der Waals surface area contributed by atoms with Crippen LogP contribution in [0.5, 0.6) is 5.88 Å². The van der Waals surface area contributed by atoms with Crippen molar-refractivity contribution in [1.82, 2.24) is 10.2 Å². The fourth-order valence-electron chi connectivity index (χ4n) is 2.91. The van der Waals surface area contributed by atoms with Crippen LogP contribution in [0.4, 0.5) is 0 Å². The lowest BCUT2D eigenvalue weighted by Crippen LogP contribution is -2.31. The largest absolute Gasteiger partial charge is 0.473 e. The maximum Gasteiger partial charge on any atom is 0.238 e. The predicted molar refractivity (Wildman–Crippen MR) is 76.1 cm³/mol. The minimum atomic E-state index is 0.278. The molecule has 4 nitrogen and oxygen atoms in total. The molecule has 1 aliphatic rings. The van der Waals surface area contributed by atoms with Gasteiger partial charge < -0.3 is 10.5 Å². The minimum Gasteiger partial charge on any atom is -0.473 e. The Hall–Kier alpha value is -1.16. The number of aryl methyl sites for hydroxylation is 1. The van der Waals surface area contributed by atoms with E-state index < -0.39 is 0 Å². The number of ether oxygens (including phenoxy) is 1. The third-order valence-electron chi connectivity index (χ3n) is 4.38. The SMILES string of the molecule is CCC1CCCCC1Oc1nnc(C)c(C)c1CN. The average molecular weight is 263 g/mol. The number of hydrogen-bond donors (Lipinski definition) is 1. The Morgan fingerprint density at radius 2 is 1.95 bits per heavy atom. The molecule has 0 bridgehead atoms. The lowest BCUT2D eigenvalue weighted by Gasteiger charge is -2.31. The Kier molecular flexibility index (Phi) is 4.75. The first-order valence-electron chi connectivity index (χ1n) is 7.36. The second-order valence-electron chi connectivity index (χ2n) is 5.51. The van der Waals surface area contributed by atoms with Gasteiger partial charge in [0, 0.05) is 12.1 Å². The second kappa shape index (κ2) is 6.33. The number of nitrogens with zero attached hydrogens (tertiary/aromatic N) is 2. The van der Waals surface area contributed by atoms with Crippen molar-refractivity contribution in [3.05, 3.63) is 16.8 Å². The molecule has 0 amide bonds. The van der Waals surface area contributed by atoms with Gasteiger partial charge in [-0.3, -0.25) is 0 Å². The molecule has 1 aliphatic carbocycles. The normalized spacial score (nSPS) is 23.4. The van der Waals surface area contributed by atoms with E-state index in [1.54, 1.807) is 0 Å². The summed E-state index contributed by atoms with van der Waals surface area (Å²) in [5, 5.41) is 8.39. The molecule has 0 saturated heterocycles. The van der Waals surface area contributed by atoms with Crippen molar-refractivity contribution in [1.29, 1.82) is 0 Å². The number of hydrogen-bond acceptors (Lipinski definition) is 4. The Bertz CT molecular complexity index is 434. The summed E-state index contributed by atoms with van der Waals surface area (Å²) >= 11 is 0. The van der Waals surface area contributed by atoms with E-state index in [0.29, 0.717) is 18.3 Å². The van der Waals surface area contributed by atoms with Gasteiger partial charge in [-0.25, -0.2) is 0 Å². The van der Waals surface area contributed by atoms with Crippen LogP contribution in [0.15, 0.2) is 0 Å². The van der Waals surface area contributed by atoms with Crippen molar-refractivity contribution in [2.24, 2.45) is 11.7 Å². The van der Waals surface area contributed by atoms with Crippen LogP contribution in [0.1, 0.15) is 55.8 Å². The summed E-state index contributed by atoms with van der Waals surface area (Å²) in [6.07, 6.45) is 6.40. The summed E-state index contributed by atoms with van der Waals surface area (Å²) in [4.78, 5) is 0. The zero-order valence-corrected chi connectivity index (χ0v) is 12.3. The maximum atomic E-state index is 6.16. The van der Waals surface area contributed by atoms with E-state index in [-0.39, 0.29) is 6.10 Å². The Labute approximate surface area is 115 Å². The van der Waals surface area contributed by atoms with Crippen LogP contribution < -0.4 is 10.5 Å². The van der Waals surface area contributed by atoms with Crippen LogP contribution in [0.2, 0.25) is 0 Å². The lowest BCUT2D eigenvalue weighted by atomic mass is 9.85. The van der Waals surface area contributed by atoms with E-state index in [1.165, 1.54) is 25.7 Å². The second-order valence-corrected chi connectivity index (χ2v) is 5.51. The van der Waals surface area contributed by atoms with Crippen molar-refractivity contribution in [2.45, 2.75) is 65.5 Å². The summed E-state index contributed by atoms with van der Waals surface area (Å²) in [6.45, 7) is 6.70. The van der Waals surface area contributed by atoms with Gasteiger partial charge in [-0.2, -0.15) is 5.10 Å². The van der Waals surface area contributed by atoms with Gasteiger partial charge in [-0.05, 0) is 51.0 Å². The zero-order chi connectivity index (χ0) is 13.8. The Morgan fingerprint density at radius 3 is 2.63 bits per heavy atom. The quantitative estimate of drug-likeness (QED) is 0.907. The summed E-state index contributed by atoms with van der Waals surface area (Å²) in [7, 11) is 0. The molecular formula is C15H25N3O. The monoisotopic (exact) mass is 263 g/mol. The van der Waals surface area contributed by atoms with Crippen LogP contribution in [0.3, 0.4) is 0 Å². The van der Waals surface area contributed by atoms with E-state index in [9.17, 15) is 0 Å². The molecular weight excluding hydrogens is 238 g/mol. The van der Waals surface area contributed by atoms with E-state index in [2.05, 4.69) is 17.1 Å². The van der Waals surface area contributed by atoms with E-state index in [0.717, 1.165) is 23.2 Å². The van der Waals surface area contributed by atoms with Gasteiger partial charge in [0.15, 0.2) is 0 Å². The van der Waals surface area contributed by atoms with Gasteiger partial charge in [0.1, 0.15) is 6.10 Å². The first kappa shape index (κ1) is 14.3. The van der Waals surface area contributed by atoms with Gasteiger partial charge >= 0.3 is 0 Å². The summed E-state index contributed by atoms with van der Waals surface area (Å²) < 4.78 is 6.16. The molecule has 4 heteroatoms. The van der Waals surface area contributed by atoms with E-state index >= 15 is 0 Å². The van der Waals surface area contributed by atoms with Crippen LogP contribution in [-0.2, 0) is 6.54 Å². The van der Waals surface area contributed by atoms with Gasteiger partial charge in [-0.1, -0.05) is 13.3 Å². The summed E-state index contributed by atoms with van der Waals surface area (Å²) in [5.74, 6) is 1.29. The highest BCUT2D eigenvalue weighted by Gasteiger charge is 2.26. The highest BCUT2D eigenvalue weighted by atomic mass is 16.5. The zero-order valence-electron chi connectivity index (χ0n) is 12.3. The topological polar surface area (TPSA) is 61.0 Å². The third-order valence-corrected chi connectivity index (χ3v) is 4.38. The van der Waals surface area contributed by atoms with E-state index in [4.69, 9.17) is 10.5 Å². The van der Waals surface area contributed by atoms with Gasteiger partial charge in [0.2, 0.25) is 5.88 Å². The van der Waals surface area contributed by atoms with Crippen LogP contribution in [0, 0.1) is 19.8 Å². The number of rotatable bonds is 4. The van der Waals surface area contributed by atoms with Crippen molar-refractivity contribution in [2.75, 3.05) is 0 Å². The van der Waals surface area contributed by atoms with Crippen molar-refractivity contribution in [3.63, 3.8) is 0 Å². The average Bonchev–Trinajstić information content (AvgIpc) is 2.44. The molecule has 2 N–H and O–H groups in total. The number of aromatic nitrogens is 2. The molecule has 0 radical (unpaired) electrons. The molecule has 1 aromatic heterocycles. The molecule has 2 atom stereocenters.